The van der Waals surface area contributed by atoms with E-state index in [1.54, 1.807) is 6.20 Å². The predicted octanol–water partition coefficient (Wildman–Crippen LogP) is 1.51. The van der Waals surface area contributed by atoms with Gasteiger partial charge in [0.05, 0.1) is 9.20 Å². The van der Waals surface area contributed by atoms with Crippen LogP contribution in [0.15, 0.2) is 65.8 Å². The Morgan fingerprint density at radius 3 is 2.88 bits per heavy atom. The lowest BCUT2D eigenvalue weighted by Gasteiger charge is -1.95. The summed E-state index contributed by atoms with van der Waals surface area (Å²) in [5, 5.41) is 0. The number of H-pyrrole nitrogens is 1. The van der Waals surface area contributed by atoms with Crippen LogP contribution in [0.1, 0.15) is 11.1 Å². The zero-order valence-corrected chi connectivity index (χ0v) is 14.6. The van der Waals surface area contributed by atoms with Gasteiger partial charge in [0.2, 0.25) is 0 Å². The first-order chi connectivity index (χ1) is 12.7. The number of rotatable bonds is 4. The Bertz CT molecular complexity index is 1250. The zero-order valence-electron chi connectivity index (χ0n) is 13.8. The van der Waals surface area contributed by atoms with Crippen molar-refractivity contribution in [3.8, 4) is 0 Å². The number of nitrogens with zero attached hydrogens (tertiary/aromatic N) is 2. The van der Waals surface area contributed by atoms with E-state index in [4.69, 9.17) is 0 Å². The molecule has 0 aliphatic heterocycles. The number of imidazole rings is 1. The SMILES string of the molecule is O=C(/C=c1\[nH]c(=O)/c(=C/c2ccc3nccn3c2)s1)Cc1ccccc1. The van der Waals surface area contributed by atoms with Crippen LogP contribution in [0.4, 0.5) is 0 Å². The molecule has 0 fully saturated rings. The van der Waals surface area contributed by atoms with E-state index >= 15 is 0 Å². The number of fused-ring (bicyclic) bond motifs is 1. The van der Waals surface area contributed by atoms with Crippen molar-refractivity contribution in [1.82, 2.24) is 14.4 Å². The molecule has 5 nitrogen and oxygen atoms in total. The highest BCUT2D eigenvalue weighted by Crippen LogP contribution is 2.05. The molecule has 0 saturated heterocycles. The van der Waals surface area contributed by atoms with Gasteiger partial charge < -0.3 is 9.38 Å². The van der Waals surface area contributed by atoms with Crippen molar-refractivity contribution in [3.05, 3.63) is 91.7 Å². The minimum atomic E-state index is -0.195. The maximum atomic E-state index is 12.2. The second-order valence-electron chi connectivity index (χ2n) is 5.86. The Kier molecular flexibility index (Phi) is 4.33. The van der Waals surface area contributed by atoms with Crippen LogP contribution < -0.4 is 14.8 Å². The second kappa shape index (κ2) is 6.93. The van der Waals surface area contributed by atoms with Crippen LogP contribution in [-0.4, -0.2) is 20.2 Å². The Morgan fingerprint density at radius 2 is 2.04 bits per heavy atom. The van der Waals surface area contributed by atoms with Crippen LogP contribution >= 0.6 is 11.3 Å². The lowest BCUT2D eigenvalue weighted by Crippen LogP contribution is -2.20. The molecule has 1 aromatic carbocycles. The first kappa shape index (κ1) is 16.2. The van der Waals surface area contributed by atoms with Crippen LogP contribution in [0.3, 0.4) is 0 Å². The number of pyridine rings is 1. The summed E-state index contributed by atoms with van der Waals surface area (Å²) in [5.41, 5.74) is 2.50. The number of carbonyl (C=O) groups excluding carboxylic acids is 1. The molecule has 4 aromatic rings. The molecule has 0 spiro atoms. The van der Waals surface area contributed by atoms with Gasteiger partial charge in [-0.1, -0.05) is 30.3 Å². The van der Waals surface area contributed by atoms with Crippen molar-refractivity contribution in [2.75, 3.05) is 0 Å². The molecule has 0 atom stereocenters. The summed E-state index contributed by atoms with van der Waals surface area (Å²) >= 11 is 1.28. The van der Waals surface area contributed by atoms with E-state index in [-0.39, 0.29) is 11.3 Å². The van der Waals surface area contributed by atoms with Gasteiger partial charge in [-0.05, 0) is 29.3 Å². The fraction of sp³-hybridized carbons (Fsp3) is 0.0500. The zero-order chi connectivity index (χ0) is 17.9. The number of ketones is 1. The van der Waals surface area contributed by atoms with Gasteiger partial charge in [-0.15, -0.1) is 11.3 Å². The van der Waals surface area contributed by atoms with Crippen LogP contribution in [0.25, 0.3) is 17.8 Å². The lowest BCUT2D eigenvalue weighted by atomic mass is 10.1. The molecule has 4 rings (SSSR count). The largest absolute Gasteiger partial charge is 0.313 e. The fourth-order valence-corrected chi connectivity index (χ4v) is 3.60. The molecule has 0 aliphatic carbocycles. The monoisotopic (exact) mass is 361 g/mol. The second-order valence-corrected chi connectivity index (χ2v) is 6.94. The van der Waals surface area contributed by atoms with Crippen molar-refractivity contribution in [2.45, 2.75) is 6.42 Å². The van der Waals surface area contributed by atoms with Gasteiger partial charge in [-0.3, -0.25) is 9.59 Å². The summed E-state index contributed by atoms with van der Waals surface area (Å²) in [6.07, 6.45) is 9.11. The van der Waals surface area contributed by atoms with Crippen LogP contribution in [0, 0.1) is 0 Å². The van der Waals surface area contributed by atoms with E-state index in [0.717, 1.165) is 16.8 Å². The number of nitrogens with one attached hydrogen (secondary N) is 1. The Labute approximate surface area is 152 Å². The van der Waals surface area contributed by atoms with E-state index < -0.39 is 0 Å². The summed E-state index contributed by atoms with van der Waals surface area (Å²) in [5.74, 6) is -0.0416. The van der Waals surface area contributed by atoms with Crippen molar-refractivity contribution in [1.29, 1.82) is 0 Å². The molecule has 0 radical (unpaired) electrons. The van der Waals surface area contributed by atoms with E-state index in [9.17, 15) is 9.59 Å². The summed E-state index contributed by atoms with van der Waals surface area (Å²) in [7, 11) is 0. The third-order valence-electron chi connectivity index (χ3n) is 3.90. The predicted molar refractivity (Wildman–Crippen MR) is 103 cm³/mol. The maximum absolute atomic E-state index is 12.2. The molecule has 0 aliphatic rings. The van der Waals surface area contributed by atoms with Crippen LogP contribution in [0.2, 0.25) is 0 Å². The maximum Gasteiger partial charge on any atom is 0.266 e. The lowest BCUT2D eigenvalue weighted by molar-refractivity contribution is -0.112. The number of hydrogen-bond donors (Lipinski definition) is 1. The standard InChI is InChI=1S/C20H15N3O2S/c24-16(10-14-4-2-1-3-5-14)12-19-22-20(25)17(26-19)11-15-6-7-18-21-8-9-23(18)13-15/h1-9,11-13H,10H2,(H,22,25)/b17-11-,19-12+. The van der Waals surface area contributed by atoms with Gasteiger partial charge in [0.25, 0.3) is 5.56 Å². The van der Waals surface area contributed by atoms with E-state index in [1.165, 1.54) is 17.4 Å². The van der Waals surface area contributed by atoms with Crippen LogP contribution in [0.5, 0.6) is 0 Å². The topological polar surface area (TPSA) is 67.2 Å². The van der Waals surface area contributed by atoms with E-state index in [1.807, 2.05) is 65.3 Å². The number of benzene rings is 1. The van der Waals surface area contributed by atoms with Crippen molar-refractivity contribution < 1.29 is 4.79 Å². The van der Waals surface area contributed by atoms with Gasteiger partial charge in [0.1, 0.15) is 5.65 Å². The molecule has 128 valence electrons. The van der Waals surface area contributed by atoms with Gasteiger partial charge >= 0.3 is 0 Å². The third kappa shape index (κ3) is 3.55. The van der Waals surface area contributed by atoms with E-state index in [0.29, 0.717) is 15.6 Å². The van der Waals surface area contributed by atoms with Gasteiger partial charge in [-0.2, -0.15) is 0 Å². The fourth-order valence-electron chi connectivity index (χ4n) is 2.69. The Balaban J connectivity index is 1.64. The van der Waals surface area contributed by atoms with E-state index in [2.05, 4.69) is 9.97 Å². The molecule has 0 unspecified atom stereocenters. The summed E-state index contributed by atoms with van der Waals surface area (Å²) in [6, 6.07) is 13.3. The molecule has 0 amide bonds. The van der Waals surface area contributed by atoms with Crippen LogP contribution in [-0.2, 0) is 11.2 Å². The molecular weight excluding hydrogens is 346 g/mol. The highest BCUT2D eigenvalue weighted by Gasteiger charge is 2.02. The number of aromatic amines is 1. The van der Waals surface area contributed by atoms with Crippen molar-refractivity contribution in [2.24, 2.45) is 0 Å². The number of thiazole rings is 1. The first-order valence-electron chi connectivity index (χ1n) is 8.09. The molecule has 3 heterocycles. The molecule has 26 heavy (non-hydrogen) atoms. The van der Waals surface area contributed by atoms with Gasteiger partial charge in [0, 0.05) is 31.1 Å². The molecule has 0 saturated carbocycles. The first-order valence-corrected chi connectivity index (χ1v) is 8.91. The average molecular weight is 361 g/mol. The molecular formula is C20H15N3O2S. The van der Waals surface area contributed by atoms with Crippen molar-refractivity contribution >= 4 is 34.9 Å². The minimum Gasteiger partial charge on any atom is -0.313 e. The molecule has 1 N–H and O–H groups in total. The molecule has 0 bridgehead atoms. The van der Waals surface area contributed by atoms with Gasteiger partial charge in [-0.25, -0.2) is 4.98 Å². The Hall–Kier alpha value is -3.25. The number of carbonyl (C=O) groups is 1. The molecule has 6 heteroatoms. The number of hydrogen-bond acceptors (Lipinski definition) is 4. The third-order valence-corrected chi connectivity index (χ3v) is 4.87. The summed E-state index contributed by atoms with van der Waals surface area (Å²) in [6.45, 7) is 0. The normalized spacial score (nSPS) is 12.8. The quantitative estimate of drug-likeness (QED) is 0.599. The average Bonchev–Trinajstić information content (AvgIpc) is 3.22. The number of aromatic nitrogens is 3. The highest BCUT2D eigenvalue weighted by molar-refractivity contribution is 7.07. The smallest absolute Gasteiger partial charge is 0.266 e. The summed E-state index contributed by atoms with van der Waals surface area (Å²) in [4.78, 5) is 31.3. The van der Waals surface area contributed by atoms with Crippen molar-refractivity contribution in [3.63, 3.8) is 0 Å². The Morgan fingerprint density at radius 1 is 1.19 bits per heavy atom. The highest BCUT2D eigenvalue weighted by atomic mass is 32.1. The van der Waals surface area contributed by atoms with Gasteiger partial charge in [0.15, 0.2) is 5.78 Å². The molecule has 3 aromatic heterocycles. The summed E-state index contributed by atoms with van der Waals surface area (Å²) < 4.78 is 3.01. The number of Topliss-reactive ketones (excluding diaryl/α,β-unsaturated/α-hetero) is 1. The minimum absolute atomic E-state index is 0.0416.